The summed E-state index contributed by atoms with van der Waals surface area (Å²) in [7, 11) is 0. The summed E-state index contributed by atoms with van der Waals surface area (Å²) in [5, 5.41) is 18.0. The number of aliphatic hydroxyl groups is 2. The molecule has 0 aromatic rings. The predicted octanol–water partition coefficient (Wildman–Crippen LogP) is 3.84. The van der Waals surface area contributed by atoms with E-state index in [1.807, 2.05) is 13.8 Å². The molecule has 0 amide bonds. The van der Waals surface area contributed by atoms with E-state index in [-0.39, 0.29) is 45.6 Å². The van der Waals surface area contributed by atoms with Gasteiger partial charge in [0.2, 0.25) is 6.29 Å². The maximum Gasteiger partial charge on any atom is 0.333 e. The van der Waals surface area contributed by atoms with E-state index in [0.29, 0.717) is 32.1 Å². The van der Waals surface area contributed by atoms with Gasteiger partial charge in [-0.05, 0) is 46.5 Å². The van der Waals surface area contributed by atoms with E-state index >= 15 is 0 Å². The molecule has 14 heteroatoms. The Morgan fingerprint density at radius 2 is 1.08 bits per heavy atom. The van der Waals surface area contributed by atoms with Crippen LogP contribution >= 0.6 is 0 Å². The molecule has 0 rings (SSSR count). The normalized spacial score (nSPS) is 13.1. The summed E-state index contributed by atoms with van der Waals surface area (Å²) in [6.07, 6.45) is 5.73. The van der Waals surface area contributed by atoms with Crippen LogP contribution in [0.15, 0.2) is 63.3 Å². The number of aliphatic hydroxyl groups excluding tert-OH is 2. The second-order valence-corrected chi connectivity index (χ2v) is 11.1. The highest BCUT2D eigenvalue weighted by molar-refractivity contribution is 5.83. The van der Waals surface area contributed by atoms with Crippen LogP contribution in [0.2, 0.25) is 0 Å². The summed E-state index contributed by atoms with van der Waals surface area (Å²) in [6.45, 7) is 23.8. The summed E-state index contributed by atoms with van der Waals surface area (Å²) >= 11 is 0. The van der Waals surface area contributed by atoms with E-state index in [1.54, 1.807) is 13.8 Å². The van der Waals surface area contributed by atoms with E-state index < -0.39 is 59.9 Å². The van der Waals surface area contributed by atoms with Crippen molar-refractivity contribution in [2.75, 3.05) is 33.0 Å². The van der Waals surface area contributed by atoms with E-state index in [9.17, 15) is 24.0 Å². The van der Waals surface area contributed by atoms with Crippen LogP contribution in [0.1, 0.15) is 66.2 Å². The number of esters is 5. The van der Waals surface area contributed by atoms with Crippen molar-refractivity contribution in [2.24, 2.45) is 5.41 Å². The molecule has 14 nitrogen and oxygen atoms in total. The lowest BCUT2D eigenvalue weighted by Crippen LogP contribution is -2.35. The van der Waals surface area contributed by atoms with E-state index in [0.717, 1.165) is 30.4 Å². The van der Waals surface area contributed by atoms with E-state index in [4.69, 9.17) is 43.4 Å². The highest BCUT2D eigenvalue weighted by Crippen LogP contribution is 2.21. The van der Waals surface area contributed by atoms with Crippen molar-refractivity contribution in [1.29, 1.82) is 0 Å². The lowest BCUT2D eigenvalue weighted by molar-refractivity contribution is -0.182. The smallest absolute Gasteiger partial charge is 0.333 e. The molecule has 0 aliphatic rings. The SMILES string of the molecule is C=CC(=O)OC(C)COC(C)COC(C)C(CCCCCC(OC(=O)C=C)OC(=O)C=C)OC(=O)C=C.C=CC(=O)OCC(CC)(CO)CO. The van der Waals surface area contributed by atoms with Crippen molar-refractivity contribution in [2.45, 2.75) is 96.9 Å². The number of carbonyl (C=O) groups excluding carboxylic acids is 5. The van der Waals surface area contributed by atoms with Crippen LogP contribution in [0.4, 0.5) is 0 Å². The molecule has 0 bridgehead atoms. The number of rotatable bonds is 27. The monoisotopic (exact) mass is 712 g/mol. The maximum atomic E-state index is 11.8. The van der Waals surface area contributed by atoms with Gasteiger partial charge in [0, 0.05) is 36.8 Å². The first-order valence-electron chi connectivity index (χ1n) is 16.3. The van der Waals surface area contributed by atoms with Crippen LogP contribution in [0.5, 0.6) is 0 Å². The first-order valence-corrected chi connectivity index (χ1v) is 16.3. The van der Waals surface area contributed by atoms with Crippen LogP contribution < -0.4 is 0 Å². The largest absolute Gasteiger partial charge is 0.462 e. The highest BCUT2D eigenvalue weighted by Gasteiger charge is 2.28. The van der Waals surface area contributed by atoms with Gasteiger partial charge < -0.3 is 43.4 Å². The summed E-state index contributed by atoms with van der Waals surface area (Å²) in [4.78, 5) is 56.7. The summed E-state index contributed by atoms with van der Waals surface area (Å²) in [5.74, 6) is -3.02. The molecule has 284 valence electrons. The Bertz CT molecular complexity index is 1050. The molecule has 0 aromatic heterocycles. The summed E-state index contributed by atoms with van der Waals surface area (Å²) in [5.41, 5.74) is -0.724. The Labute approximate surface area is 295 Å². The van der Waals surface area contributed by atoms with Crippen LogP contribution in [0.3, 0.4) is 0 Å². The lowest BCUT2D eigenvalue weighted by Gasteiger charge is -2.27. The first kappa shape index (κ1) is 48.0. The first-order chi connectivity index (χ1) is 23.7. The third kappa shape index (κ3) is 23.3. The second-order valence-electron chi connectivity index (χ2n) is 11.1. The molecule has 50 heavy (non-hydrogen) atoms. The zero-order chi connectivity index (χ0) is 38.5. The van der Waals surface area contributed by atoms with Crippen LogP contribution in [0, 0.1) is 5.41 Å². The Hall–Kier alpha value is -4.11. The fourth-order valence-electron chi connectivity index (χ4n) is 3.69. The average Bonchev–Trinajstić information content (AvgIpc) is 3.12. The number of hydrogen-bond donors (Lipinski definition) is 2. The topological polar surface area (TPSA) is 190 Å². The quantitative estimate of drug-likeness (QED) is 0.0411. The molecule has 4 atom stereocenters. The zero-order valence-electron chi connectivity index (χ0n) is 29.9. The van der Waals surface area contributed by atoms with Gasteiger partial charge >= 0.3 is 29.8 Å². The number of hydrogen-bond acceptors (Lipinski definition) is 14. The van der Waals surface area contributed by atoms with Gasteiger partial charge in [0.15, 0.2) is 0 Å². The van der Waals surface area contributed by atoms with Gasteiger partial charge in [0.25, 0.3) is 0 Å². The molecule has 0 saturated heterocycles. The molecule has 0 saturated carbocycles. The molecule has 0 aliphatic heterocycles. The van der Waals surface area contributed by atoms with Crippen molar-refractivity contribution < 1.29 is 67.3 Å². The number of unbranched alkanes of at least 4 members (excludes halogenated alkanes) is 2. The van der Waals surface area contributed by atoms with Crippen LogP contribution in [0.25, 0.3) is 0 Å². The fraction of sp³-hybridized carbons (Fsp3) is 0.583. The summed E-state index contributed by atoms with van der Waals surface area (Å²) < 4.78 is 36.8. The molecule has 4 unspecified atom stereocenters. The molecule has 0 fully saturated rings. The maximum absolute atomic E-state index is 11.8. The van der Waals surface area contributed by atoms with Crippen molar-refractivity contribution in [3.05, 3.63) is 63.3 Å². The van der Waals surface area contributed by atoms with Crippen molar-refractivity contribution in [3.63, 3.8) is 0 Å². The Morgan fingerprint density at radius 3 is 1.56 bits per heavy atom. The molecule has 2 N–H and O–H groups in total. The van der Waals surface area contributed by atoms with Crippen LogP contribution in [-0.2, 0) is 57.1 Å². The minimum absolute atomic E-state index is 0.0152. The molecular formula is C36H56O14. The number of ether oxygens (including phenoxy) is 7. The summed E-state index contributed by atoms with van der Waals surface area (Å²) in [6, 6.07) is 0. The molecule has 0 aliphatic carbocycles. The Balaban J connectivity index is 0. The molecule has 0 spiro atoms. The standard InChI is InChI=1S/C27H40O10.C9H16O4/c1-8-23(28)34-20(6)18-32-19(5)17-33-21(7)22(35-24(29)9-2)15-13-12-14-16-27(36-25(30)10-3)37-26(31)11-4;1-3-8(12)13-7-9(4-2,5-10)6-11/h8-11,19-22,27H,1-4,12-18H2,5-7H3;3,10-11H,1,4-7H2,2H3. The van der Waals surface area contributed by atoms with Gasteiger partial charge in [-0.1, -0.05) is 46.2 Å². The van der Waals surface area contributed by atoms with E-state index in [2.05, 4.69) is 32.9 Å². The third-order valence-electron chi connectivity index (χ3n) is 7.02. The lowest BCUT2D eigenvalue weighted by atomic mass is 9.88. The Kier molecular flexibility index (Phi) is 27.6. The molecular weight excluding hydrogens is 656 g/mol. The Morgan fingerprint density at radius 1 is 0.620 bits per heavy atom. The van der Waals surface area contributed by atoms with Gasteiger partial charge in [0.05, 0.1) is 44.1 Å². The zero-order valence-corrected chi connectivity index (χ0v) is 29.9. The predicted molar refractivity (Wildman–Crippen MR) is 184 cm³/mol. The number of carbonyl (C=O) groups is 5. The van der Waals surface area contributed by atoms with Gasteiger partial charge in [-0.2, -0.15) is 0 Å². The van der Waals surface area contributed by atoms with Gasteiger partial charge in [0.1, 0.15) is 18.8 Å². The fourth-order valence-corrected chi connectivity index (χ4v) is 3.69. The molecule has 0 heterocycles. The highest BCUT2D eigenvalue weighted by atomic mass is 16.7. The second kappa shape index (κ2) is 28.7. The van der Waals surface area contributed by atoms with Crippen LogP contribution in [-0.4, -0.2) is 104 Å². The molecule has 0 radical (unpaired) electrons. The minimum Gasteiger partial charge on any atom is -0.462 e. The van der Waals surface area contributed by atoms with E-state index in [1.165, 1.54) is 0 Å². The third-order valence-corrected chi connectivity index (χ3v) is 7.02. The van der Waals surface area contributed by atoms with Gasteiger partial charge in [-0.25, -0.2) is 24.0 Å². The minimum atomic E-state index is -1.04. The van der Waals surface area contributed by atoms with Crippen molar-refractivity contribution in [3.8, 4) is 0 Å². The van der Waals surface area contributed by atoms with Gasteiger partial charge in [-0.3, -0.25) is 0 Å². The molecule has 0 aromatic carbocycles. The van der Waals surface area contributed by atoms with Crippen molar-refractivity contribution >= 4 is 29.8 Å². The average molecular weight is 713 g/mol. The van der Waals surface area contributed by atoms with Crippen molar-refractivity contribution in [1.82, 2.24) is 0 Å². The van der Waals surface area contributed by atoms with Gasteiger partial charge in [-0.15, -0.1) is 0 Å².